The summed E-state index contributed by atoms with van der Waals surface area (Å²) in [6.07, 6.45) is 0. The first kappa shape index (κ1) is 15.5. The van der Waals surface area contributed by atoms with Gasteiger partial charge in [0, 0.05) is 9.13 Å². The zero-order valence-electron chi connectivity index (χ0n) is 13.6. The fourth-order valence-corrected chi connectivity index (χ4v) is 4.33. The maximum atomic E-state index is 5.48. The molecule has 0 aliphatic carbocycles. The van der Waals surface area contributed by atoms with Crippen molar-refractivity contribution in [1.82, 2.24) is 0 Å². The van der Waals surface area contributed by atoms with Gasteiger partial charge in [0.2, 0.25) is 0 Å². The molecular formula is C22H17IO. The molecule has 0 heterocycles. The van der Waals surface area contributed by atoms with Crippen LogP contribution in [0.4, 0.5) is 0 Å². The van der Waals surface area contributed by atoms with Gasteiger partial charge in [-0.3, -0.25) is 0 Å². The molecule has 4 aromatic rings. The number of aryl methyl sites for hydroxylation is 1. The second-order valence-electron chi connectivity index (χ2n) is 6.01. The lowest BCUT2D eigenvalue weighted by atomic mass is 9.93. The highest BCUT2D eigenvalue weighted by molar-refractivity contribution is 14.1. The second-order valence-corrected chi connectivity index (χ2v) is 7.09. The minimum Gasteiger partial charge on any atom is -0.497 e. The van der Waals surface area contributed by atoms with Gasteiger partial charge in [-0.05, 0) is 68.8 Å². The summed E-state index contributed by atoms with van der Waals surface area (Å²) in [4.78, 5) is 0. The SMILES string of the molecule is COc1ccc2c(c1)c(-c1ccc(C)cc1)c(I)c1ccccc12. The van der Waals surface area contributed by atoms with Gasteiger partial charge in [0.15, 0.2) is 0 Å². The number of hydrogen-bond acceptors (Lipinski definition) is 1. The molecule has 0 saturated heterocycles. The van der Waals surface area contributed by atoms with Gasteiger partial charge in [-0.2, -0.15) is 0 Å². The molecule has 0 fully saturated rings. The van der Waals surface area contributed by atoms with E-state index < -0.39 is 0 Å². The number of ether oxygens (including phenoxy) is 1. The van der Waals surface area contributed by atoms with Crippen molar-refractivity contribution in [2.45, 2.75) is 6.92 Å². The highest BCUT2D eigenvalue weighted by atomic mass is 127. The molecule has 0 aliphatic rings. The summed E-state index contributed by atoms with van der Waals surface area (Å²) < 4.78 is 6.77. The summed E-state index contributed by atoms with van der Waals surface area (Å²) in [6, 6.07) is 23.8. The third-order valence-corrected chi connectivity index (χ3v) is 5.63. The van der Waals surface area contributed by atoms with E-state index in [1.165, 1.54) is 41.8 Å². The van der Waals surface area contributed by atoms with Crippen LogP contribution in [-0.4, -0.2) is 7.11 Å². The monoisotopic (exact) mass is 424 g/mol. The Hall–Kier alpha value is -2.07. The lowest BCUT2D eigenvalue weighted by Crippen LogP contribution is -1.91. The Balaban J connectivity index is 2.19. The second kappa shape index (κ2) is 6.10. The Bertz CT molecular complexity index is 1050. The smallest absolute Gasteiger partial charge is 0.119 e. The minimum atomic E-state index is 0.891. The molecular weight excluding hydrogens is 407 g/mol. The highest BCUT2D eigenvalue weighted by Gasteiger charge is 2.14. The zero-order valence-corrected chi connectivity index (χ0v) is 15.8. The summed E-state index contributed by atoms with van der Waals surface area (Å²) in [5, 5.41) is 5.09. The molecule has 4 rings (SSSR count). The van der Waals surface area contributed by atoms with Crippen molar-refractivity contribution < 1.29 is 4.74 Å². The minimum absolute atomic E-state index is 0.891. The predicted octanol–water partition coefficient (Wildman–Crippen LogP) is 6.58. The first-order valence-electron chi connectivity index (χ1n) is 7.94. The van der Waals surface area contributed by atoms with Crippen LogP contribution in [0, 0.1) is 10.5 Å². The number of benzene rings is 4. The molecule has 0 N–H and O–H groups in total. The van der Waals surface area contributed by atoms with E-state index in [2.05, 4.69) is 90.2 Å². The summed E-state index contributed by atoms with van der Waals surface area (Å²) in [5.41, 5.74) is 3.80. The predicted molar refractivity (Wildman–Crippen MR) is 111 cm³/mol. The fourth-order valence-electron chi connectivity index (χ4n) is 3.26. The van der Waals surface area contributed by atoms with E-state index in [4.69, 9.17) is 4.74 Å². The number of fused-ring (bicyclic) bond motifs is 3. The third kappa shape index (κ3) is 2.46. The first-order chi connectivity index (χ1) is 11.7. The topological polar surface area (TPSA) is 9.23 Å². The van der Waals surface area contributed by atoms with Crippen LogP contribution in [0.2, 0.25) is 0 Å². The van der Waals surface area contributed by atoms with Gasteiger partial charge in [0.1, 0.15) is 5.75 Å². The van der Waals surface area contributed by atoms with E-state index in [0.717, 1.165) is 5.75 Å². The van der Waals surface area contributed by atoms with Crippen LogP contribution in [0.15, 0.2) is 66.7 Å². The highest BCUT2D eigenvalue weighted by Crippen LogP contribution is 2.40. The van der Waals surface area contributed by atoms with E-state index in [1.54, 1.807) is 7.11 Å². The van der Waals surface area contributed by atoms with E-state index in [0.29, 0.717) is 0 Å². The Morgan fingerprint density at radius 2 is 1.42 bits per heavy atom. The Morgan fingerprint density at radius 1 is 0.750 bits per heavy atom. The molecule has 0 aromatic heterocycles. The lowest BCUT2D eigenvalue weighted by molar-refractivity contribution is 0.415. The molecule has 118 valence electrons. The number of methoxy groups -OCH3 is 1. The van der Waals surface area contributed by atoms with Gasteiger partial charge in [-0.25, -0.2) is 0 Å². The molecule has 4 aromatic carbocycles. The molecule has 0 saturated carbocycles. The average molecular weight is 424 g/mol. The molecule has 2 heteroatoms. The van der Waals surface area contributed by atoms with Crippen LogP contribution in [0.3, 0.4) is 0 Å². The van der Waals surface area contributed by atoms with Crippen LogP contribution < -0.4 is 4.74 Å². The number of hydrogen-bond donors (Lipinski definition) is 0. The van der Waals surface area contributed by atoms with Crippen molar-refractivity contribution in [3.8, 4) is 16.9 Å². The van der Waals surface area contributed by atoms with E-state index in [-0.39, 0.29) is 0 Å². The van der Waals surface area contributed by atoms with Crippen molar-refractivity contribution in [2.24, 2.45) is 0 Å². The molecule has 1 nitrogen and oxygen atoms in total. The van der Waals surface area contributed by atoms with Crippen molar-refractivity contribution in [3.05, 3.63) is 75.9 Å². The van der Waals surface area contributed by atoms with Crippen LogP contribution in [0.5, 0.6) is 5.75 Å². The van der Waals surface area contributed by atoms with E-state index in [1.807, 2.05) is 6.07 Å². The Morgan fingerprint density at radius 3 is 2.12 bits per heavy atom. The summed E-state index contributed by atoms with van der Waals surface area (Å²) >= 11 is 2.48. The van der Waals surface area contributed by atoms with Crippen molar-refractivity contribution in [2.75, 3.05) is 7.11 Å². The Labute approximate surface area is 155 Å². The Kier molecular flexibility index (Phi) is 3.93. The van der Waals surface area contributed by atoms with Gasteiger partial charge in [-0.15, -0.1) is 0 Å². The van der Waals surface area contributed by atoms with Gasteiger partial charge in [0.25, 0.3) is 0 Å². The van der Waals surface area contributed by atoms with E-state index in [9.17, 15) is 0 Å². The maximum absolute atomic E-state index is 5.48. The summed E-state index contributed by atoms with van der Waals surface area (Å²) in [5.74, 6) is 0.891. The van der Waals surface area contributed by atoms with Gasteiger partial charge >= 0.3 is 0 Å². The fraction of sp³-hybridized carbons (Fsp3) is 0.0909. The normalized spacial score (nSPS) is 11.1. The van der Waals surface area contributed by atoms with Crippen molar-refractivity contribution in [1.29, 1.82) is 0 Å². The average Bonchev–Trinajstić information content (AvgIpc) is 2.63. The zero-order chi connectivity index (χ0) is 16.7. The molecule has 0 atom stereocenters. The largest absolute Gasteiger partial charge is 0.497 e. The van der Waals surface area contributed by atoms with Crippen LogP contribution >= 0.6 is 22.6 Å². The molecule has 0 unspecified atom stereocenters. The molecule has 0 bridgehead atoms. The summed E-state index contributed by atoms with van der Waals surface area (Å²) in [6.45, 7) is 2.12. The third-order valence-electron chi connectivity index (χ3n) is 4.51. The van der Waals surface area contributed by atoms with Crippen LogP contribution in [0.1, 0.15) is 5.56 Å². The van der Waals surface area contributed by atoms with Crippen LogP contribution in [0.25, 0.3) is 32.7 Å². The molecule has 0 amide bonds. The standard InChI is InChI=1S/C22H17IO/c1-14-7-9-15(10-8-14)21-20-13-16(24-2)11-12-18(20)17-5-3-4-6-19(17)22(21)23/h3-13H,1-2H3. The maximum Gasteiger partial charge on any atom is 0.119 e. The van der Waals surface area contributed by atoms with Crippen molar-refractivity contribution >= 4 is 44.1 Å². The van der Waals surface area contributed by atoms with Crippen LogP contribution in [-0.2, 0) is 0 Å². The molecule has 0 spiro atoms. The summed E-state index contributed by atoms with van der Waals surface area (Å²) in [7, 11) is 1.72. The van der Waals surface area contributed by atoms with Gasteiger partial charge < -0.3 is 4.74 Å². The van der Waals surface area contributed by atoms with Gasteiger partial charge in [0.05, 0.1) is 7.11 Å². The number of halogens is 1. The molecule has 0 aliphatic heterocycles. The first-order valence-corrected chi connectivity index (χ1v) is 9.02. The number of rotatable bonds is 2. The molecule has 0 radical (unpaired) electrons. The van der Waals surface area contributed by atoms with E-state index >= 15 is 0 Å². The quantitative estimate of drug-likeness (QED) is 0.261. The molecule has 24 heavy (non-hydrogen) atoms. The lowest BCUT2D eigenvalue weighted by Gasteiger charge is -2.15. The van der Waals surface area contributed by atoms with Crippen molar-refractivity contribution in [3.63, 3.8) is 0 Å². The van der Waals surface area contributed by atoms with Gasteiger partial charge in [-0.1, -0.05) is 60.2 Å².